The third-order valence-electron chi connectivity index (χ3n) is 8.99. The zero-order chi connectivity index (χ0) is 41.0. The first-order valence-electron chi connectivity index (χ1n) is 19.3. The first-order valence-corrected chi connectivity index (χ1v) is 20.8. The molecule has 4 aromatic rings. The number of ether oxygens (including phenoxy) is 2. The Labute approximate surface area is 332 Å². The van der Waals surface area contributed by atoms with Crippen LogP contribution in [0.15, 0.2) is 55.0 Å². The van der Waals surface area contributed by atoms with E-state index in [1.54, 1.807) is 62.5 Å². The number of anilines is 2. The number of hydrogen-bond acceptors (Lipinski definition) is 12. The van der Waals surface area contributed by atoms with Crippen LogP contribution in [-0.4, -0.2) is 71.1 Å². The highest BCUT2D eigenvalue weighted by Gasteiger charge is 2.31. The van der Waals surface area contributed by atoms with Gasteiger partial charge in [-0.15, -0.1) is 0 Å². The summed E-state index contributed by atoms with van der Waals surface area (Å²) in [6.07, 6.45) is 7.30. The molecule has 1 aliphatic rings. The van der Waals surface area contributed by atoms with Gasteiger partial charge >= 0.3 is 19.9 Å². The van der Waals surface area contributed by atoms with Gasteiger partial charge in [0.05, 0.1) is 30.9 Å². The van der Waals surface area contributed by atoms with Gasteiger partial charge in [0, 0.05) is 24.3 Å². The van der Waals surface area contributed by atoms with Crippen molar-refractivity contribution in [2.45, 2.75) is 92.0 Å². The molecule has 2 aromatic heterocycles. The summed E-state index contributed by atoms with van der Waals surface area (Å²) >= 11 is 0. The van der Waals surface area contributed by atoms with Gasteiger partial charge in [-0.1, -0.05) is 51.8 Å². The van der Waals surface area contributed by atoms with Crippen LogP contribution >= 0.6 is 7.82 Å². The van der Waals surface area contributed by atoms with Crippen molar-refractivity contribution in [1.29, 1.82) is 0 Å². The molecule has 306 valence electrons. The molecular weight excluding hydrogens is 755 g/mol. The average Bonchev–Trinajstić information content (AvgIpc) is 3.94. The Kier molecular flexibility index (Phi) is 15.2. The molecule has 0 radical (unpaired) electrons. The number of fused-ring (bicyclic) bond motifs is 1. The van der Waals surface area contributed by atoms with Crippen molar-refractivity contribution >= 4 is 48.7 Å². The van der Waals surface area contributed by atoms with Gasteiger partial charge in [-0.2, -0.15) is 5.10 Å². The van der Waals surface area contributed by atoms with E-state index in [9.17, 15) is 23.7 Å². The fraction of sp³-hybridized carbons (Fsp3) is 0.450. The average molecular weight is 807 g/mol. The quantitative estimate of drug-likeness (QED) is 0.0365. The van der Waals surface area contributed by atoms with E-state index in [0.29, 0.717) is 52.7 Å². The molecule has 57 heavy (non-hydrogen) atoms. The molecule has 0 bridgehead atoms. The molecule has 0 unspecified atom stereocenters. The first-order chi connectivity index (χ1) is 27.5. The highest BCUT2D eigenvalue weighted by Crippen LogP contribution is 2.50. The van der Waals surface area contributed by atoms with Crippen LogP contribution in [0.2, 0.25) is 0 Å². The Morgan fingerprint density at radius 2 is 1.61 bits per heavy atom. The minimum atomic E-state index is -3.85. The van der Waals surface area contributed by atoms with Crippen molar-refractivity contribution in [3.8, 4) is 5.75 Å². The van der Waals surface area contributed by atoms with Crippen LogP contribution in [0.1, 0.15) is 103 Å². The minimum Gasteiger partial charge on any atom is -0.428 e. The Hall–Kier alpha value is -5.31. The van der Waals surface area contributed by atoms with Crippen LogP contribution in [-0.2, 0) is 34.3 Å². The number of esters is 1. The molecule has 0 spiro atoms. The van der Waals surface area contributed by atoms with E-state index in [4.69, 9.17) is 23.0 Å². The molecule has 0 saturated heterocycles. The van der Waals surface area contributed by atoms with E-state index in [0.717, 1.165) is 32.1 Å². The largest absolute Gasteiger partial charge is 0.530 e. The van der Waals surface area contributed by atoms with Gasteiger partial charge in [-0.3, -0.25) is 23.4 Å². The molecule has 17 heteroatoms. The van der Waals surface area contributed by atoms with Crippen molar-refractivity contribution in [3.63, 3.8) is 0 Å². The van der Waals surface area contributed by atoms with Crippen molar-refractivity contribution in [2.24, 2.45) is 0 Å². The van der Waals surface area contributed by atoms with Gasteiger partial charge in [0.1, 0.15) is 17.6 Å². The summed E-state index contributed by atoms with van der Waals surface area (Å²) in [5.41, 5.74) is 2.97. The van der Waals surface area contributed by atoms with E-state index >= 15 is 0 Å². The van der Waals surface area contributed by atoms with Crippen LogP contribution in [0, 0.1) is 13.8 Å². The van der Waals surface area contributed by atoms with Crippen LogP contribution in [0.3, 0.4) is 0 Å². The number of rotatable bonds is 21. The minimum absolute atomic E-state index is 0.0783. The Balaban J connectivity index is 1.32. The number of nitrogens with one attached hydrogen (secondary N) is 2. The fourth-order valence-corrected chi connectivity index (χ4v) is 6.88. The van der Waals surface area contributed by atoms with E-state index in [2.05, 4.69) is 20.7 Å². The maximum absolute atomic E-state index is 14.1. The molecule has 2 heterocycles. The van der Waals surface area contributed by atoms with Crippen LogP contribution in [0.4, 0.5) is 16.3 Å². The van der Waals surface area contributed by atoms with Crippen LogP contribution in [0.25, 0.3) is 5.52 Å². The molecule has 2 N–H and O–H groups in total. The summed E-state index contributed by atoms with van der Waals surface area (Å²) in [4.78, 5) is 58.7. The number of hydrogen-bond donors (Lipinski definition) is 2. The monoisotopic (exact) mass is 806 g/mol. The number of carbonyl (C=O) groups is 4. The molecule has 3 amide bonds. The van der Waals surface area contributed by atoms with Crippen molar-refractivity contribution in [2.75, 3.05) is 31.5 Å². The maximum Gasteiger partial charge on any atom is 0.530 e. The highest BCUT2D eigenvalue weighted by atomic mass is 31.2. The van der Waals surface area contributed by atoms with Gasteiger partial charge in [-0.05, 0) is 86.9 Å². The lowest BCUT2D eigenvalue weighted by atomic mass is 10.1. The van der Waals surface area contributed by atoms with Gasteiger partial charge in [-0.25, -0.2) is 23.8 Å². The zero-order valence-electron chi connectivity index (χ0n) is 33.1. The maximum atomic E-state index is 14.1. The Morgan fingerprint density at radius 1 is 0.912 bits per heavy atom. The topological polar surface area (TPSA) is 189 Å². The number of unbranched alkanes of at least 4 members (excludes halogenated alkanes) is 2. The van der Waals surface area contributed by atoms with Crippen LogP contribution in [0.5, 0.6) is 5.75 Å². The van der Waals surface area contributed by atoms with Gasteiger partial charge in [0.25, 0.3) is 11.8 Å². The lowest BCUT2D eigenvalue weighted by Gasteiger charge is -2.24. The fourth-order valence-electron chi connectivity index (χ4n) is 5.61. The molecule has 0 atom stereocenters. The first kappa shape index (κ1) is 42.8. The number of phosphoric acid groups is 1. The number of benzene rings is 2. The van der Waals surface area contributed by atoms with E-state index < -0.39 is 26.7 Å². The normalized spacial score (nSPS) is 12.6. The van der Waals surface area contributed by atoms with Gasteiger partial charge < -0.3 is 24.6 Å². The summed E-state index contributed by atoms with van der Waals surface area (Å²) in [6.45, 7) is 9.60. The van der Waals surface area contributed by atoms with Crippen molar-refractivity contribution in [3.05, 3.63) is 82.8 Å². The molecule has 2 aromatic carbocycles. The van der Waals surface area contributed by atoms with Crippen LogP contribution < -0.4 is 20.1 Å². The Bertz CT molecular complexity index is 2070. The molecule has 0 aliphatic heterocycles. The van der Waals surface area contributed by atoms with Gasteiger partial charge in [0.15, 0.2) is 5.82 Å². The molecule has 16 nitrogen and oxygen atoms in total. The zero-order valence-corrected chi connectivity index (χ0v) is 34.0. The second-order valence-corrected chi connectivity index (χ2v) is 15.3. The second-order valence-electron chi connectivity index (χ2n) is 13.7. The van der Waals surface area contributed by atoms with E-state index in [-0.39, 0.29) is 54.7 Å². The molecule has 5 rings (SSSR count). The second kappa shape index (κ2) is 20.2. The molecular formula is C40H51N6O10P. The highest BCUT2D eigenvalue weighted by molar-refractivity contribution is 7.48. The molecule has 1 aliphatic carbocycles. The third-order valence-corrected chi connectivity index (χ3v) is 10.4. The summed E-state index contributed by atoms with van der Waals surface area (Å²) < 4.78 is 42.1. The predicted molar refractivity (Wildman–Crippen MR) is 212 cm³/mol. The number of nitrogens with zero attached hydrogens (tertiary/aromatic N) is 4. The number of amides is 3. The number of carbonyl (C=O) groups excluding carboxylic acids is 4. The smallest absolute Gasteiger partial charge is 0.428 e. The number of aromatic nitrogens is 3. The summed E-state index contributed by atoms with van der Waals surface area (Å²) in [5, 5.41) is 10.1. The van der Waals surface area contributed by atoms with E-state index in [1.165, 1.54) is 15.7 Å². The molecule has 1 fully saturated rings. The van der Waals surface area contributed by atoms with Crippen molar-refractivity contribution < 1.29 is 46.8 Å². The molecule has 1 saturated carbocycles. The Morgan fingerprint density at radius 3 is 2.26 bits per heavy atom. The summed E-state index contributed by atoms with van der Waals surface area (Å²) in [5.74, 6) is -0.972. The number of phosphoric ester groups is 1. The SMILES string of the molecule is CCCCOP(=O)(OCCCC)Oc1ccc(CC(=O)OCOC(=O)N(c2cc(C(=O)NC3CC3)ccc2C)c2ncnn3cc(C(=O)NCCC)c(C)c23)cc1. The van der Waals surface area contributed by atoms with Crippen molar-refractivity contribution in [1.82, 2.24) is 25.2 Å². The lowest BCUT2D eigenvalue weighted by molar-refractivity contribution is -0.150. The standard InChI is InChI=1S/C40H51N6O10P/c1-6-9-20-54-57(51,55-21-10-7-2)56-32-17-12-29(13-18-32)22-35(47)52-26-53-40(50)46(34-23-30(14-11-27(34)4)38(48)44-31-15-16-31)37-36-28(5)33(39(49)41-19-8-3)24-45(36)43-25-42-37/h11-14,17-18,23-25,31H,6-10,15-16,19-22,26H2,1-5H3,(H,41,49)(H,44,48). The van der Waals surface area contributed by atoms with E-state index in [1.807, 2.05) is 20.8 Å². The predicted octanol–water partition coefficient (Wildman–Crippen LogP) is 7.52. The third kappa shape index (κ3) is 11.6. The lowest BCUT2D eigenvalue weighted by Crippen LogP contribution is -2.31. The van der Waals surface area contributed by atoms with Gasteiger partial charge in [0.2, 0.25) is 6.79 Å². The number of aryl methyl sites for hydroxylation is 2. The summed E-state index contributed by atoms with van der Waals surface area (Å²) in [7, 11) is -3.85. The summed E-state index contributed by atoms with van der Waals surface area (Å²) in [6, 6.07) is 11.4.